The number of carbonyl (C=O) groups is 2. The van der Waals surface area contributed by atoms with Gasteiger partial charge in [0.25, 0.3) is 0 Å². The summed E-state index contributed by atoms with van der Waals surface area (Å²) in [5, 5.41) is 2.76. The molecule has 0 radical (unpaired) electrons. The number of carbonyl (C=O) groups excluding carboxylic acids is 2. The van der Waals surface area contributed by atoms with Crippen LogP contribution in [0.1, 0.15) is 26.3 Å². The van der Waals surface area contributed by atoms with E-state index in [4.69, 9.17) is 4.74 Å². The molecule has 0 saturated heterocycles. The number of hydrogen-bond acceptors (Lipinski definition) is 5. The average molecular weight is 318 g/mol. The van der Waals surface area contributed by atoms with Crippen molar-refractivity contribution in [3.8, 4) is 5.75 Å². The van der Waals surface area contributed by atoms with Crippen molar-refractivity contribution in [3.05, 3.63) is 35.4 Å². The van der Waals surface area contributed by atoms with E-state index in [1.807, 2.05) is 24.3 Å². The van der Waals surface area contributed by atoms with E-state index in [-0.39, 0.29) is 11.7 Å². The number of para-hydroxylation sites is 1. The van der Waals surface area contributed by atoms with Crippen molar-refractivity contribution in [2.24, 2.45) is 4.99 Å². The van der Waals surface area contributed by atoms with Crippen molar-refractivity contribution in [3.63, 3.8) is 0 Å². The van der Waals surface area contributed by atoms with Crippen LogP contribution >= 0.6 is 11.8 Å². The number of nitrogens with zero attached hydrogens (tertiary/aromatic N) is 1. The number of rotatable bonds is 4. The van der Waals surface area contributed by atoms with Gasteiger partial charge in [0.15, 0.2) is 11.3 Å². The van der Waals surface area contributed by atoms with Crippen molar-refractivity contribution in [2.45, 2.75) is 26.3 Å². The van der Waals surface area contributed by atoms with Gasteiger partial charge in [-0.25, -0.2) is 0 Å². The van der Waals surface area contributed by atoms with Crippen LogP contribution in [0.2, 0.25) is 0 Å². The third-order valence-electron chi connectivity index (χ3n) is 3.16. The molecule has 5 nitrogen and oxygen atoms in total. The molecule has 0 aliphatic carbocycles. The molecule has 0 aromatic heterocycles. The molecule has 0 saturated carbocycles. The molecule has 1 aliphatic rings. The fraction of sp³-hybridized carbons (Fsp3) is 0.312. The average Bonchev–Trinajstić information content (AvgIpc) is 2.45. The summed E-state index contributed by atoms with van der Waals surface area (Å²) in [5.41, 5.74) is 1.56. The van der Waals surface area contributed by atoms with Gasteiger partial charge in [0, 0.05) is 23.1 Å². The molecular weight excluding hydrogens is 300 g/mol. The van der Waals surface area contributed by atoms with Gasteiger partial charge in [-0.05, 0) is 19.9 Å². The summed E-state index contributed by atoms with van der Waals surface area (Å²) >= 11 is 1.34. The molecule has 1 aromatic rings. The zero-order valence-corrected chi connectivity index (χ0v) is 13.8. The Morgan fingerprint density at radius 1 is 1.27 bits per heavy atom. The lowest BCUT2D eigenvalue weighted by Gasteiger charge is -2.24. The summed E-state index contributed by atoms with van der Waals surface area (Å²) in [4.78, 5) is 28.5. The van der Waals surface area contributed by atoms with Crippen LogP contribution in [-0.2, 0) is 9.59 Å². The van der Waals surface area contributed by atoms with Crippen molar-refractivity contribution in [2.75, 3.05) is 7.11 Å². The van der Waals surface area contributed by atoms with Gasteiger partial charge in [0.1, 0.15) is 5.75 Å². The first kappa shape index (κ1) is 16.3. The number of hydrogen-bond donors (Lipinski definition) is 1. The molecule has 1 unspecified atom stereocenters. The number of ketones is 1. The Kier molecular flexibility index (Phi) is 5.03. The normalized spacial score (nSPS) is 17.8. The minimum Gasteiger partial charge on any atom is -0.496 e. The maximum atomic E-state index is 12.0. The molecule has 116 valence electrons. The van der Waals surface area contributed by atoms with Crippen LogP contribution in [0.5, 0.6) is 5.75 Å². The number of benzene rings is 1. The fourth-order valence-corrected chi connectivity index (χ4v) is 3.65. The molecule has 0 bridgehead atoms. The van der Waals surface area contributed by atoms with E-state index >= 15 is 0 Å². The van der Waals surface area contributed by atoms with Crippen molar-refractivity contribution in [1.29, 1.82) is 0 Å². The Labute approximate surface area is 133 Å². The van der Waals surface area contributed by atoms with Gasteiger partial charge in [-0.15, -0.1) is 0 Å². The van der Waals surface area contributed by atoms with Crippen LogP contribution in [0, 0.1) is 0 Å². The number of thioether (sulfide) groups is 1. The first-order chi connectivity index (χ1) is 10.4. The lowest BCUT2D eigenvalue weighted by Crippen LogP contribution is -2.32. The molecule has 1 N–H and O–H groups in total. The molecule has 6 heteroatoms. The van der Waals surface area contributed by atoms with Gasteiger partial charge in [-0.3, -0.25) is 14.6 Å². The second-order valence-electron chi connectivity index (χ2n) is 4.85. The molecule has 1 aromatic carbocycles. The summed E-state index contributed by atoms with van der Waals surface area (Å²) in [5.74, 6) is 0.454. The van der Waals surface area contributed by atoms with Gasteiger partial charge in [-0.1, -0.05) is 30.0 Å². The Bertz CT molecular complexity index is 680. The number of nitrogens with one attached hydrogen (secondary N) is 1. The molecule has 1 aliphatic heterocycles. The molecule has 1 atom stereocenters. The highest BCUT2D eigenvalue weighted by atomic mass is 32.2. The topological polar surface area (TPSA) is 67.8 Å². The van der Waals surface area contributed by atoms with E-state index < -0.39 is 5.50 Å². The highest BCUT2D eigenvalue weighted by molar-refractivity contribution is 8.09. The summed E-state index contributed by atoms with van der Waals surface area (Å²) in [6.07, 6.45) is 0. The number of methoxy groups -OCH3 is 1. The number of amides is 1. The third kappa shape index (κ3) is 3.39. The Balaban J connectivity index is 2.55. The minimum atomic E-state index is -0.444. The predicted octanol–water partition coefficient (Wildman–Crippen LogP) is 2.62. The van der Waals surface area contributed by atoms with Gasteiger partial charge in [-0.2, -0.15) is 0 Å². The summed E-state index contributed by atoms with van der Waals surface area (Å²) < 4.78 is 5.39. The summed E-state index contributed by atoms with van der Waals surface area (Å²) in [6, 6.07) is 7.50. The smallest absolute Gasteiger partial charge is 0.219 e. The van der Waals surface area contributed by atoms with Crippen molar-refractivity contribution < 1.29 is 14.3 Å². The Hall–Kier alpha value is -2.08. The third-order valence-corrected chi connectivity index (χ3v) is 4.27. The zero-order chi connectivity index (χ0) is 16.3. The second kappa shape index (κ2) is 6.79. The first-order valence-electron chi connectivity index (χ1n) is 6.81. The monoisotopic (exact) mass is 318 g/mol. The number of allylic oxidation sites excluding steroid dienone is 1. The van der Waals surface area contributed by atoms with E-state index in [0.29, 0.717) is 17.0 Å². The molecule has 2 rings (SSSR count). The molecule has 1 heterocycles. The van der Waals surface area contributed by atoms with Gasteiger partial charge in [0.2, 0.25) is 5.91 Å². The summed E-state index contributed by atoms with van der Waals surface area (Å²) in [7, 11) is 1.59. The van der Waals surface area contributed by atoms with Crippen LogP contribution in [0.15, 0.2) is 34.8 Å². The van der Waals surface area contributed by atoms with Crippen LogP contribution in [0.4, 0.5) is 0 Å². The first-order valence-corrected chi connectivity index (χ1v) is 7.69. The van der Waals surface area contributed by atoms with Crippen molar-refractivity contribution >= 4 is 34.1 Å². The van der Waals surface area contributed by atoms with Gasteiger partial charge >= 0.3 is 0 Å². The highest BCUT2D eigenvalue weighted by Crippen LogP contribution is 2.41. The van der Waals surface area contributed by atoms with Crippen LogP contribution in [-0.4, -0.2) is 30.0 Å². The van der Waals surface area contributed by atoms with E-state index in [1.54, 1.807) is 14.0 Å². The number of aliphatic imine (C=N–C) groups is 1. The van der Waals surface area contributed by atoms with Crippen LogP contribution in [0.25, 0.3) is 4.91 Å². The summed E-state index contributed by atoms with van der Waals surface area (Å²) in [6.45, 7) is 4.74. The Morgan fingerprint density at radius 2 is 1.95 bits per heavy atom. The fourth-order valence-electron chi connectivity index (χ4n) is 2.28. The quantitative estimate of drug-likeness (QED) is 0.926. The molecule has 22 heavy (non-hydrogen) atoms. The minimum absolute atomic E-state index is 0.0593. The van der Waals surface area contributed by atoms with E-state index in [2.05, 4.69) is 10.3 Å². The van der Waals surface area contributed by atoms with E-state index in [1.165, 1.54) is 25.6 Å². The largest absolute Gasteiger partial charge is 0.496 e. The molecule has 0 spiro atoms. The van der Waals surface area contributed by atoms with Gasteiger partial charge in [0.05, 0.1) is 12.7 Å². The predicted molar refractivity (Wildman–Crippen MR) is 88.9 cm³/mol. The lowest BCUT2D eigenvalue weighted by molar-refractivity contribution is -0.119. The standard InChI is InChI=1S/C16H18N2O3S/c1-9-14(10(2)19)15(22-16(17-9)18-11(3)20)12-7-5-6-8-13(12)21-4/h5-8,16H,1-4H3,(H,18,20). The highest BCUT2D eigenvalue weighted by Gasteiger charge is 2.27. The van der Waals surface area contributed by atoms with Crippen molar-refractivity contribution in [1.82, 2.24) is 5.32 Å². The molecular formula is C16H18N2O3S. The van der Waals surface area contributed by atoms with Crippen LogP contribution < -0.4 is 10.1 Å². The maximum absolute atomic E-state index is 12.0. The van der Waals surface area contributed by atoms with Crippen LogP contribution in [0.3, 0.4) is 0 Å². The number of ether oxygens (including phenoxy) is 1. The lowest BCUT2D eigenvalue weighted by atomic mass is 10.0. The zero-order valence-electron chi connectivity index (χ0n) is 13.0. The number of Topliss-reactive ketones (excluding diaryl/α,β-unsaturated/α-hetero) is 1. The Morgan fingerprint density at radius 3 is 2.55 bits per heavy atom. The van der Waals surface area contributed by atoms with E-state index in [0.717, 1.165) is 10.5 Å². The second-order valence-corrected chi connectivity index (χ2v) is 5.94. The maximum Gasteiger partial charge on any atom is 0.219 e. The van der Waals surface area contributed by atoms with E-state index in [9.17, 15) is 9.59 Å². The van der Waals surface area contributed by atoms with Gasteiger partial charge < -0.3 is 10.1 Å². The SMILES string of the molecule is COc1ccccc1C1=C(C(C)=O)C(C)=NC(NC(C)=O)S1. The molecule has 1 amide bonds. The molecule has 0 fully saturated rings.